The third kappa shape index (κ3) is 4.89. The average Bonchev–Trinajstić information content (AvgIpc) is 2.18. The van der Waals surface area contributed by atoms with Gasteiger partial charge in [0.25, 0.3) is 0 Å². The van der Waals surface area contributed by atoms with Gasteiger partial charge in [0.2, 0.25) is 0 Å². The van der Waals surface area contributed by atoms with Crippen molar-refractivity contribution in [1.82, 2.24) is 4.90 Å². The summed E-state index contributed by atoms with van der Waals surface area (Å²) in [7, 11) is 0. The predicted octanol–water partition coefficient (Wildman–Crippen LogP) is 1.97. The number of carbonyl (C=O) groups is 1. The van der Waals surface area contributed by atoms with E-state index in [4.69, 9.17) is 4.74 Å². The summed E-state index contributed by atoms with van der Waals surface area (Å²) in [6, 6.07) is 1.19. The van der Waals surface area contributed by atoms with Gasteiger partial charge >= 0.3 is 0 Å². The van der Waals surface area contributed by atoms with Crippen LogP contribution in [0.2, 0.25) is 0 Å². The first-order chi connectivity index (χ1) is 7.70. The molecule has 2 aliphatic heterocycles. The minimum atomic E-state index is -0.381. The van der Waals surface area contributed by atoms with Gasteiger partial charge in [-0.05, 0) is 32.2 Å². The fourth-order valence-corrected chi connectivity index (χ4v) is 3.26. The van der Waals surface area contributed by atoms with Crippen molar-refractivity contribution in [2.24, 2.45) is 0 Å². The molecule has 0 aliphatic carbocycles. The molecule has 18 heavy (non-hydrogen) atoms. The Kier molecular flexibility index (Phi) is 9.66. The van der Waals surface area contributed by atoms with Gasteiger partial charge in [-0.25, -0.2) is 0 Å². The van der Waals surface area contributed by atoms with Crippen molar-refractivity contribution in [3.8, 4) is 0 Å². The second kappa shape index (κ2) is 9.11. The van der Waals surface area contributed by atoms with E-state index in [1.807, 2.05) is 0 Å². The molecule has 2 atom stereocenters. The first-order valence-corrected chi connectivity index (χ1v) is 6.28. The van der Waals surface area contributed by atoms with Crippen LogP contribution in [0.4, 0.5) is 0 Å². The van der Waals surface area contributed by atoms with Crippen LogP contribution >= 0.6 is 0 Å². The summed E-state index contributed by atoms with van der Waals surface area (Å²) < 4.78 is 5.26. The number of hydrogen-bond donors (Lipinski definition) is 0. The second-order valence-corrected chi connectivity index (χ2v) is 4.91. The molecule has 0 spiro atoms. The summed E-state index contributed by atoms with van der Waals surface area (Å²) in [5.74, 6) is -0.381. The Labute approximate surface area is 150 Å². The molecule has 3 nitrogen and oxygen atoms in total. The maximum atomic E-state index is 10.9. The van der Waals surface area contributed by atoms with Crippen molar-refractivity contribution < 1.29 is 63.3 Å². The van der Waals surface area contributed by atoms with Crippen molar-refractivity contribution in [2.75, 3.05) is 6.54 Å². The summed E-state index contributed by atoms with van der Waals surface area (Å²) in [6.07, 6.45) is 6.82. The van der Waals surface area contributed by atoms with Crippen molar-refractivity contribution >= 4 is 5.97 Å². The van der Waals surface area contributed by atoms with Gasteiger partial charge < -0.3 is 11.7 Å². The predicted molar refractivity (Wildman–Crippen MR) is 62.6 cm³/mol. The molecule has 0 N–H and O–H groups in total. The standard InChI is InChI=1S/C13H21NO2.W.Y/c1-3-7-14-11-5-4-6-12(14)9-13(8-11)16-10(2)15;;/h11-13H,1-9H2;;/q-2;;. The van der Waals surface area contributed by atoms with Crippen LogP contribution in [0.25, 0.3) is 0 Å². The minimum Gasteiger partial charge on any atom is -0.485 e. The number of ether oxygens (including phenoxy) is 1. The smallest absolute Gasteiger partial charge is 0.164 e. The van der Waals surface area contributed by atoms with Crippen molar-refractivity contribution in [2.45, 2.75) is 56.7 Å². The second-order valence-electron chi connectivity index (χ2n) is 4.91. The molecule has 0 aromatic heterocycles. The van der Waals surface area contributed by atoms with E-state index in [0.29, 0.717) is 12.1 Å². The molecule has 0 saturated carbocycles. The molecule has 2 rings (SSSR count). The van der Waals surface area contributed by atoms with Crippen LogP contribution in [-0.2, 0) is 63.3 Å². The van der Waals surface area contributed by atoms with Crippen LogP contribution in [0.3, 0.4) is 0 Å². The molecule has 2 bridgehead atoms. The van der Waals surface area contributed by atoms with E-state index >= 15 is 0 Å². The summed E-state index contributed by atoms with van der Waals surface area (Å²) >= 11 is 0. The Hall–Kier alpha value is 1.09. The Morgan fingerprint density at radius 1 is 1.28 bits per heavy atom. The molecule has 2 unspecified atom stereocenters. The van der Waals surface area contributed by atoms with Crippen LogP contribution < -0.4 is 0 Å². The average molecular weight is 496 g/mol. The Bertz CT molecular complexity index is 251. The number of nitrogens with zero attached hydrogens (tertiary/aromatic N) is 1. The summed E-state index contributed by atoms with van der Waals surface area (Å²) in [5, 5.41) is 0. The van der Waals surface area contributed by atoms with Crippen LogP contribution in [0, 0.1) is 13.8 Å². The molecule has 101 valence electrons. The Balaban J connectivity index is 0.00000144. The number of piperidine rings is 2. The van der Waals surface area contributed by atoms with Crippen LogP contribution in [-0.4, -0.2) is 35.6 Å². The minimum absolute atomic E-state index is 0. The third-order valence-electron chi connectivity index (χ3n) is 3.80. The molecule has 2 fully saturated rings. The summed E-state index contributed by atoms with van der Waals surface area (Å²) in [6.45, 7) is 8.32. The maximum absolute atomic E-state index is 10.9. The normalized spacial score (nSPS) is 30.8. The van der Waals surface area contributed by atoms with Gasteiger partial charge in [0.05, 0.1) is 0 Å². The first kappa shape index (κ1) is 19.1. The van der Waals surface area contributed by atoms with E-state index in [0.717, 1.165) is 25.8 Å². The number of esters is 1. The van der Waals surface area contributed by atoms with Gasteiger partial charge in [-0.2, -0.15) is 6.42 Å². The zero-order valence-electron chi connectivity index (χ0n) is 10.8. The van der Waals surface area contributed by atoms with Crippen molar-refractivity contribution in [3.63, 3.8) is 0 Å². The fourth-order valence-electron chi connectivity index (χ4n) is 3.26. The zero-order valence-corrected chi connectivity index (χ0v) is 16.6. The number of carbonyl (C=O) groups excluding carboxylic acids is 1. The topological polar surface area (TPSA) is 29.5 Å². The Morgan fingerprint density at radius 3 is 2.28 bits per heavy atom. The van der Waals surface area contributed by atoms with E-state index in [2.05, 4.69) is 18.7 Å². The quantitative estimate of drug-likeness (QED) is 0.443. The van der Waals surface area contributed by atoms with Crippen molar-refractivity contribution in [3.05, 3.63) is 13.8 Å². The van der Waals surface area contributed by atoms with Gasteiger partial charge in [-0.15, -0.1) is 0 Å². The van der Waals surface area contributed by atoms with E-state index in [-0.39, 0.29) is 65.8 Å². The number of hydrogen-bond acceptors (Lipinski definition) is 3. The van der Waals surface area contributed by atoms with Gasteiger partial charge in [0.15, 0.2) is 5.97 Å². The summed E-state index contributed by atoms with van der Waals surface area (Å²) in [5.41, 5.74) is 0. The van der Waals surface area contributed by atoms with Crippen molar-refractivity contribution in [1.29, 1.82) is 0 Å². The van der Waals surface area contributed by atoms with Gasteiger partial charge in [-0.1, -0.05) is 6.42 Å². The van der Waals surface area contributed by atoms with Crippen LogP contribution in [0.15, 0.2) is 0 Å². The first-order valence-electron chi connectivity index (χ1n) is 6.28. The molecule has 2 heterocycles. The van der Waals surface area contributed by atoms with Gasteiger partial charge in [0.1, 0.15) is 6.10 Å². The molecular formula is C13H21NO2WY-2. The molecule has 2 saturated heterocycles. The molecule has 0 aromatic rings. The van der Waals surface area contributed by atoms with E-state index < -0.39 is 0 Å². The zero-order chi connectivity index (χ0) is 11.5. The third-order valence-corrected chi connectivity index (χ3v) is 3.80. The largest absolute Gasteiger partial charge is 0.485 e. The maximum Gasteiger partial charge on any atom is 0.164 e. The molecule has 1 radical (unpaired) electrons. The van der Waals surface area contributed by atoms with Gasteiger partial charge in [0, 0.05) is 65.9 Å². The van der Waals surface area contributed by atoms with E-state index in [1.54, 1.807) is 0 Å². The monoisotopic (exact) mass is 496 g/mol. The number of rotatable bonds is 3. The van der Waals surface area contributed by atoms with Gasteiger partial charge in [-0.3, -0.25) is 16.6 Å². The van der Waals surface area contributed by atoms with Crippen LogP contribution in [0.1, 0.15) is 38.5 Å². The fraction of sp³-hybridized carbons (Fsp3) is 0.769. The van der Waals surface area contributed by atoms with Crippen LogP contribution in [0.5, 0.6) is 0 Å². The molecule has 0 amide bonds. The number of fused-ring (bicyclic) bond motifs is 2. The SMILES string of the molecule is [CH2-]CCN1C2CCCC1CC(OC([CH2-])=O)C2.[W].[Y]. The molecule has 0 aromatic carbocycles. The molecular weight excluding hydrogens is 475 g/mol. The summed E-state index contributed by atoms with van der Waals surface area (Å²) in [4.78, 5) is 13.5. The molecule has 2 aliphatic rings. The Morgan fingerprint density at radius 2 is 1.83 bits per heavy atom. The van der Waals surface area contributed by atoms with E-state index in [9.17, 15) is 4.79 Å². The van der Waals surface area contributed by atoms with E-state index in [1.165, 1.54) is 19.3 Å². The molecule has 5 heteroatoms.